The topological polar surface area (TPSA) is 67.9 Å². The van der Waals surface area contributed by atoms with Crippen molar-refractivity contribution in [2.45, 2.75) is 19.8 Å². The highest BCUT2D eigenvalue weighted by atomic mass is 16.5. The summed E-state index contributed by atoms with van der Waals surface area (Å²) in [7, 11) is 1.37. The molecule has 2 amide bonds. The first-order valence-corrected chi connectivity index (χ1v) is 7.51. The number of ether oxygens (including phenoxy) is 2. The summed E-state index contributed by atoms with van der Waals surface area (Å²) in [5, 5.41) is 2.92. The van der Waals surface area contributed by atoms with Crippen molar-refractivity contribution in [1.29, 1.82) is 0 Å². The van der Waals surface area contributed by atoms with Crippen molar-refractivity contribution in [3.8, 4) is 5.75 Å². The van der Waals surface area contributed by atoms with Gasteiger partial charge in [0.05, 0.1) is 19.4 Å². The van der Waals surface area contributed by atoms with Crippen molar-refractivity contribution < 1.29 is 19.1 Å². The first-order chi connectivity index (χ1) is 10.7. The van der Waals surface area contributed by atoms with E-state index in [-0.39, 0.29) is 17.9 Å². The van der Waals surface area contributed by atoms with Crippen molar-refractivity contribution in [2.75, 3.05) is 32.1 Å². The molecular formula is C16H22N2O4. The van der Waals surface area contributed by atoms with Gasteiger partial charge in [-0.15, -0.1) is 0 Å². The van der Waals surface area contributed by atoms with Gasteiger partial charge in [0, 0.05) is 19.0 Å². The minimum Gasteiger partial charge on any atom is -0.492 e. The number of hydrogen-bond donors (Lipinski definition) is 1. The monoisotopic (exact) mass is 306 g/mol. The largest absolute Gasteiger partial charge is 0.492 e. The van der Waals surface area contributed by atoms with Crippen LogP contribution in [0.25, 0.3) is 0 Å². The molecule has 1 aliphatic heterocycles. The zero-order valence-corrected chi connectivity index (χ0v) is 13.0. The van der Waals surface area contributed by atoms with Crippen LogP contribution in [0.2, 0.25) is 0 Å². The Labute approximate surface area is 130 Å². The van der Waals surface area contributed by atoms with Crippen LogP contribution in [0.1, 0.15) is 19.8 Å². The molecule has 2 rings (SSSR count). The molecule has 1 aromatic rings. The van der Waals surface area contributed by atoms with E-state index in [1.165, 1.54) is 7.11 Å². The van der Waals surface area contributed by atoms with E-state index < -0.39 is 0 Å². The standard InChI is InChI=1S/C16H22N2O4/c1-3-22-14-7-5-4-6-13(14)17-15(19)12-8-10-18(11-9-12)16(20)21-2/h4-7,12H,3,8-11H2,1-2H3,(H,17,19). The lowest BCUT2D eigenvalue weighted by atomic mass is 9.96. The summed E-state index contributed by atoms with van der Waals surface area (Å²) in [6.45, 7) is 3.53. The number of benzene rings is 1. The fraction of sp³-hybridized carbons (Fsp3) is 0.500. The quantitative estimate of drug-likeness (QED) is 0.928. The molecular weight excluding hydrogens is 284 g/mol. The molecule has 1 aliphatic rings. The third-order valence-electron chi connectivity index (χ3n) is 3.74. The Hall–Kier alpha value is -2.24. The van der Waals surface area contributed by atoms with Gasteiger partial charge in [0.25, 0.3) is 0 Å². The molecule has 1 heterocycles. The van der Waals surface area contributed by atoms with Crippen molar-refractivity contribution in [2.24, 2.45) is 5.92 Å². The average Bonchev–Trinajstić information content (AvgIpc) is 2.56. The normalized spacial score (nSPS) is 15.3. The van der Waals surface area contributed by atoms with E-state index in [0.29, 0.717) is 44.0 Å². The molecule has 22 heavy (non-hydrogen) atoms. The number of nitrogens with one attached hydrogen (secondary N) is 1. The maximum atomic E-state index is 12.4. The van der Waals surface area contributed by atoms with Crippen LogP contribution in [0, 0.1) is 5.92 Å². The van der Waals surface area contributed by atoms with E-state index in [1.807, 2.05) is 31.2 Å². The average molecular weight is 306 g/mol. The van der Waals surface area contributed by atoms with E-state index >= 15 is 0 Å². The Morgan fingerprint density at radius 3 is 2.59 bits per heavy atom. The molecule has 6 heteroatoms. The number of likely N-dealkylation sites (tertiary alicyclic amines) is 1. The second-order valence-corrected chi connectivity index (χ2v) is 5.15. The minimum atomic E-state index is -0.333. The van der Waals surface area contributed by atoms with Gasteiger partial charge in [0.1, 0.15) is 5.75 Å². The van der Waals surface area contributed by atoms with Crippen LogP contribution in [0.4, 0.5) is 10.5 Å². The van der Waals surface area contributed by atoms with Gasteiger partial charge in [0.15, 0.2) is 0 Å². The number of amides is 2. The van der Waals surface area contributed by atoms with Crippen molar-refractivity contribution >= 4 is 17.7 Å². The molecule has 0 bridgehead atoms. The number of carbonyl (C=O) groups excluding carboxylic acids is 2. The fourth-order valence-corrected chi connectivity index (χ4v) is 2.54. The van der Waals surface area contributed by atoms with Crippen molar-refractivity contribution in [3.63, 3.8) is 0 Å². The Morgan fingerprint density at radius 1 is 1.27 bits per heavy atom. The Morgan fingerprint density at radius 2 is 1.95 bits per heavy atom. The van der Waals surface area contributed by atoms with E-state index in [1.54, 1.807) is 4.90 Å². The predicted octanol–water partition coefficient (Wildman–Crippen LogP) is 2.50. The van der Waals surface area contributed by atoms with Gasteiger partial charge < -0.3 is 19.7 Å². The maximum Gasteiger partial charge on any atom is 0.409 e. The summed E-state index contributed by atoms with van der Waals surface area (Å²) >= 11 is 0. The molecule has 1 aromatic carbocycles. The van der Waals surface area contributed by atoms with Crippen LogP contribution >= 0.6 is 0 Å². The highest BCUT2D eigenvalue weighted by Crippen LogP contribution is 2.26. The number of carbonyl (C=O) groups is 2. The Balaban J connectivity index is 1.92. The zero-order valence-electron chi connectivity index (χ0n) is 13.0. The van der Waals surface area contributed by atoms with Gasteiger partial charge in [-0.25, -0.2) is 4.79 Å². The van der Waals surface area contributed by atoms with Gasteiger partial charge >= 0.3 is 6.09 Å². The van der Waals surface area contributed by atoms with Gasteiger partial charge in [0.2, 0.25) is 5.91 Å². The van der Waals surface area contributed by atoms with Gasteiger partial charge in [-0.2, -0.15) is 0 Å². The smallest absolute Gasteiger partial charge is 0.409 e. The number of anilines is 1. The van der Waals surface area contributed by atoms with E-state index in [0.717, 1.165) is 0 Å². The van der Waals surface area contributed by atoms with Crippen LogP contribution in [-0.2, 0) is 9.53 Å². The third kappa shape index (κ3) is 3.90. The zero-order chi connectivity index (χ0) is 15.9. The lowest BCUT2D eigenvalue weighted by Crippen LogP contribution is -2.41. The number of rotatable bonds is 4. The van der Waals surface area contributed by atoms with Crippen molar-refractivity contribution in [1.82, 2.24) is 4.90 Å². The van der Waals surface area contributed by atoms with E-state index in [4.69, 9.17) is 9.47 Å². The minimum absolute atomic E-state index is 0.0309. The van der Waals surface area contributed by atoms with E-state index in [9.17, 15) is 9.59 Å². The Kier molecular flexibility index (Phi) is 5.63. The summed E-state index contributed by atoms with van der Waals surface area (Å²) in [6.07, 6.45) is 0.940. The predicted molar refractivity (Wildman–Crippen MR) is 82.9 cm³/mol. The van der Waals surface area contributed by atoms with Crippen LogP contribution in [0.5, 0.6) is 5.75 Å². The molecule has 0 aliphatic carbocycles. The summed E-state index contributed by atoms with van der Waals surface area (Å²) in [5.74, 6) is 0.539. The third-order valence-corrected chi connectivity index (χ3v) is 3.74. The molecule has 1 saturated heterocycles. The fourth-order valence-electron chi connectivity index (χ4n) is 2.54. The highest BCUT2D eigenvalue weighted by Gasteiger charge is 2.28. The van der Waals surface area contributed by atoms with Crippen LogP contribution in [0.15, 0.2) is 24.3 Å². The SMILES string of the molecule is CCOc1ccccc1NC(=O)C1CCN(C(=O)OC)CC1. The lowest BCUT2D eigenvalue weighted by molar-refractivity contribution is -0.121. The molecule has 1 fully saturated rings. The molecule has 0 spiro atoms. The number of para-hydroxylation sites is 2. The molecule has 0 aromatic heterocycles. The molecule has 0 unspecified atom stereocenters. The Bertz CT molecular complexity index is 525. The molecule has 0 atom stereocenters. The van der Waals surface area contributed by atoms with Crippen molar-refractivity contribution in [3.05, 3.63) is 24.3 Å². The van der Waals surface area contributed by atoms with Gasteiger partial charge in [-0.3, -0.25) is 4.79 Å². The van der Waals surface area contributed by atoms with Crippen LogP contribution in [-0.4, -0.2) is 43.7 Å². The maximum absolute atomic E-state index is 12.4. The molecule has 1 N–H and O–H groups in total. The number of piperidine rings is 1. The lowest BCUT2D eigenvalue weighted by Gasteiger charge is -2.30. The summed E-state index contributed by atoms with van der Waals surface area (Å²) in [4.78, 5) is 25.4. The van der Waals surface area contributed by atoms with Gasteiger partial charge in [-0.1, -0.05) is 12.1 Å². The van der Waals surface area contributed by atoms with Crippen LogP contribution < -0.4 is 10.1 Å². The summed E-state index contributed by atoms with van der Waals surface area (Å²) in [6, 6.07) is 7.39. The molecule has 6 nitrogen and oxygen atoms in total. The number of hydrogen-bond acceptors (Lipinski definition) is 4. The molecule has 0 radical (unpaired) electrons. The first-order valence-electron chi connectivity index (χ1n) is 7.51. The summed E-state index contributed by atoms with van der Waals surface area (Å²) < 4.78 is 10.2. The first kappa shape index (κ1) is 16.1. The number of nitrogens with zero attached hydrogens (tertiary/aromatic N) is 1. The summed E-state index contributed by atoms with van der Waals surface area (Å²) in [5.41, 5.74) is 0.685. The molecule has 120 valence electrons. The second-order valence-electron chi connectivity index (χ2n) is 5.15. The molecule has 0 saturated carbocycles. The van der Waals surface area contributed by atoms with Crippen LogP contribution in [0.3, 0.4) is 0 Å². The number of methoxy groups -OCH3 is 1. The van der Waals surface area contributed by atoms with E-state index in [2.05, 4.69) is 5.32 Å². The van der Waals surface area contributed by atoms with Gasteiger partial charge in [-0.05, 0) is 31.9 Å². The second kappa shape index (κ2) is 7.68. The highest BCUT2D eigenvalue weighted by molar-refractivity contribution is 5.94.